The van der Waals surface area contributed by atoms with E-state index >= 15 is 0 Å². The molecule has 5 rings (SSSR count). The molecule has 0 atom stereocenters. The van der Waals surface area contributed by atoms with Crippen LogP contribution in [-0.2, 0) is 7.05 Å². The van der Waals surface area contributed by atoms with Gasteiger partial charge >= 0.3 is 0 Å². The van der Waals surface area contributed by atoms with Crippen LogP contribution in [0.2, 0.25) is 0 Å². The summed E-state index contributed by atoms with van der Waals surface area (Å²) in [5.41, 5.74) is 12.4. The second-order valence-corrected chi connectivity index (χ2v) is 8.25. The summed E-state index contributed by atoms with van der Waals surface area (Å²) in [4.78, 5) is 17.2. The maximum Gasteiger partial charge on any atom is 0.255 e. The van der Waals surface area contributed by atoms with Gasteiger partial charge in [0.2, 0.25) is 0 Å². The SMILES string of the molecule is C[n+]1ccc(Nc2cccc(NC(=O)c3ccc(Nc4ccnc5ccc(N)cc45)cc3)c2)cc1.[Cl-]. The Morgan fingerprint density at radius 3 is 2.31 bits per heavy atom. The number of carbonyl (C=O) groups excluding carboxylic acids is 1. The van der Waals surface area contributed by atoms with E-state index in [0.717, 1.165) is 33.7 Å². The smallest absolute Gasteiger partial charge is 0.255 e. The second kappa shape index (κ2) is 10.8. The van der Waals surface area contributed by atoms with Crippen molar-refractivity contribution in [3.05, 3.63) is 109 Å². The first-order valence-electron chi connectivity index (χ1n) is 11.2. The molecule has 0 aliphatic heterocycles. The summed E-state index contributed by atoms with van der Waals surface area (Å²) in [7, 11) is 1.97. The minimum absolute atomic E-state index is 0. The Hall–Kier alpha value is -4.62. The summed E-state index contributed by atoms with van der Waals surface area (Å²) in [5.74, 6) is -0.178. The van der Waals surface area contributed by atoms with Crippen LogP contribution < -0.4 is 38.7 Å². The summed E-state index contributed by atoms with van der Waals surface area (Å²) in [6.07, 6.45) is 5.70. The van der Waals surface area contributed by atoms with Crippen LogP contribution in [-0.4, -0.2) is 10.9 Å². The fourth-order valence-corrected chi connectivity index (χ4v) is 3.76. The standard InChI is InChI=1S/C28H24N6O.ClH/c1-34-15-12-22(13-16-34)31-23-3-2-4-24(18-23)33-28(35)19-5-8-21(9-6-19)32-27-11-14-30-26-10-7-20(29)17-25(26)27;/h2-18H,29H2,1H3,(H2,30,32,33,35);1H. The molecule has 2 heterocycles. The van der Waals surface area contributed by atoms with Crippen LogP contribution in [0.3, 0.4) is 0 Å². The van der Waals surface area contributed by atoms with Crippen LogP contribution in [0.5, 0.6) is 0 Å². The van der Waals surface area contributed by atoms with Gasteiger partial charge in [-0.2, -0.15) is 0 Å². The van der Waals surface area contributed by atoms with E-state index in [2.05, 4.69) is 20.9 Å². The largest absolute Gasteiger partial charge is 1.00 e. The molecule has 0 aliphatic carbocycles. The van der Waals surface area contributed by atoms with Crippen molar-refractivity contribution in [1.82, 2.24) is 4.98 Å². The Bertz CT molecular complexity index is 1500. The predicted molar refractivity (Wildman–Crippen MR) is 141 cm³/mol. The number of fused-ring (bicyclic) bond motifs is 1. The van der Waals surface area contributed by atoms with Crippen molar-refractivity contribution >= 4 is 50.9 Å². The van der Waals surface area contributed by atoms with Crippen molar-refractivity contribution < 1.29 is 21.8 Å². The number of anilines is 6. The predicted octanol–water partition coefficient (Wildman–Crippen LogP) is 2.38. The highest BCUT2D eigenvalue weighted by Gasteiger charge is 2.08. The Kier molecular flexibility index (Phi) is 7.32. The number of benzene rings is 3. The van der Waals surface area contributed by atoms with Crippen LogP contribution in [0.1, 0.15) is 10.4 Å². The number of amides is 1. The highest BCUT2D eigenvalue weighted by molar-refractivity contribution is 6.04. The quantitative estimate of drug-likeness (QED) is 0.214. The zero-order valence-electron chi connectivity index (χ0n) is 19.6. The molecule has 0 spiro atoms. The van der Waals surface area contributed by atoms with E-state index < -0.39 is 0 Å². The van der Waals surface area contributed by atoms with Crippen molar-refractivity contribution in [1.29, 1.82) is 0 Å². The molecule has 1 amide bonds. The summed E-state index contributed by atoms with van der Waals surface area (Å²) < 4.78 is 1.97. The fraction of sp³-hybridized carbons (Fsp3) is 0.0357. The molecule has 2 aromatic heterocycles. The molecule has 0 saturated carbocycles. The van der Waals surface area contributed by atoms with Gasteiger partial charge in [0.25, 0.3) is 5.91 Å². The van der Waals surface area contributed by atoms with Crippen LogP contribution >= 0.6 is 0 Å². The van der Waals surface area contributed by atoms with Gasteiger partial charge in [0.15, 0.2) is 12.4 Å². The highest BCUT2D eigenvalue weighted by Crippen LogP contribution is 2.27. The van der Waals surface area contributed by atoms with Crippen molar-refractivity contribution in [3.63, 3.8) is 0 Å². The number of hydrogen-bond donors (Lipinski definition) is 4. The summed E-state index contributed by atoms with van der Waals surface area (Å²) in [5, 5.41) is 10.6. The molecule has 180 valence electrons. The molecular weight excluding hydrogens is 472 g/mol. The number of carbonyl (C=O) groups is 1. The number of nitrogens with one attached hydrogen (secondary N) is 3. The second-order valence-electron chi connectivity index (χ2n) is 8.25. The Morgan fingerprint density at radius 2 is 1.53 bits per heavy atom. The molecule has 5 aromatic rings. The zero-order valence-corrected chi connectivity index (χ0v) is 20.3. The molecule has 0 saturated heterocycles. The molecule has 0 unspecified atom stereocenters. The lowest BCUT2D eigenvalue weighted by atomic mass is 10.1. The van der Waals surface area contributed by atoms with Crippen molar-refractivity contribution in [3.8, 4) is 0 Å². The average Bonchev–Trinajstić information content (AvgIpc) is 2.86. The van der Waals surface area contributed by atoms with Gasteiger partial charge in [0.05, 0.1) is 11.2 Å². The van der Waals surface area contributed by atoms with Gasteiger partial charge in [-0.25, -0.2) is 4.57 Å². The number of nitrogen functional groups attached to an aromatic ring is 1. The number of nitrogens with two attached hydrogens (primary N) is 1. The molecule has 0 aliphatic rings. The number of aryl methyl sites for hydroxylation is 1. The van der Waals surface area contributed by atoms with E-state index in [-0.39, 0.29) is 18.3 Å². The normalized spacial score (nSPS) is 10.4. The van der Waals surface area contributed by atoms with Gasteiger partial charge in [-0.15, -0.1) is 0 Å². The van der Waals surface area contributed by atoms with Crippen molar-refractivity contribution in [2.75, 3.05) is 21.7 Å². The number of aromatic nitrogens is 2. The van der Waals surface area contributed by atoms with Gasteiger partial charge in [-0.3, -0.25) is 9.78 Å². The molecule has 0 radical (unpaired) electrons. The van der Waals surface area contributed by atoms with Crippen LogP contribution in [0.25, 0.3) is 10.9 Å². The lowest BCUT2D eigenvalue weighted by Gasteiger charge is -2.11. The van der Waals surface area contributed by atoms with E-state index in [4.69, 9.17) is 5.73 Å². The first-order valence-corrected chi connectivity index (χ1v) is 11.2. The summed E-state index contributed by atoms with van der Waals surface area (Å²) in [6.45, 7) is 0. The first kappa shape index (κ1) is 24.5. The van der Waals surface area contributed by atoms with Crippen molar-refractivity contribution in [2.45, 2.75) is 0 Å². The van der Waals surface area contributed by atoms with E-state index in [1.165, 1.54) is 0 Å². The molecule has 5 N–H and O–H groups in total. The van der Waals surface area contributed by atoms with Gasteiger partial charge < -0.3 is 34.1 Å². The highest BCUT2D eigenvalue weighted by atomic mass is 35.5. The summed E-state index contributed by atoms with van der Waals surface area (Å²) in [6, 6.07) is 26.5. The first-order chi connectivity index (χ1) is 17.0. The Labute approximate surface area is 215 Å². The third-order valence-electron chi connectivity index (χ3n) is 5.58. The number of pyridine rings is 2. The van der Waals surface area contributed by atoms with Gasteiger partial charge in [0.1, 0.15) is 7.05 Å². The lowest BCUT2D eigenvalue weighted by molar-refractivity contribution is -0.671. The molecule has 0 fully saturated rings. The molecule has 0 bridgehead atoms. The third-order valence-corrected chi connectivity index (χ3v) is 5.58. The minimum Gasteiger partial charge on any atom is -1.00 e. The van der Waals surface area contributed by atoms with E-state index in [0.29, 0.717) is 16.9 Å². The number of nitrogens with zero attached hydrogens (tertiary/aromatic N) is 2. The maximum atomic E-state index is 12.8. The van der Waals surface area contributed by atoms with Crippen LogP contribution in [0.15, 0.2) is 104 Å². The van der Waals surface area contributed by atoms with Gasteiger partial charge in [0, 0.05) is 57.7 Å². The minimum atomic E-state index is -0.178. The molecule has 7 nitrogen and oxygen atoms in total. The Balaban J connectivity index is 0.00000304. The van der Waals surface area contributed by atoms with Gasteiger partial charge in [-0.05, 0) is 66.7 Å². The molecular formula is C28H25ClN6O. The van der Waals surface area contributed by atoms with Gasteiger partial charge in [-0.1, -0.05) is 6.07 Å². The summed E-state index contributed by atoms with van der Waals surface area (Å²) >= 11 is 0. The zero-order chi connectivity index (χ0) is 24.2. The topological polar surface area (TPSA) is 96.0 Å². The monoisotopic (exact) mass is 496 g/mol. The van der Waals surface area contributed by atoms with Crippen LogP contribution in [0.4, 0.5) is 34.1 Å². The van der Waals surface area contributed by atoms with Crippen molar-refractivity contribution in [2.24, 2.45) is 7.05 Å². The number of hydrogen-bond acceptors (Lipinski definition) is 5. The maximum absolute atomic E-state index is 12.8. The number of rotatable bonds is 6. The number of halogens is 1. The van der Waals surface area contributed by atoms with E-state index in [9.17, 15) is 4.79 Å². The van der Waals surface area contributed by atoms with Crippen LogP contribution in [0, 0.1) is 0 Å². The van der Waals surface area contributed by atoms with E-state index in [1.807, 2.05) is 96.8 Å². The van der Waals surface area contributed by atoms with E-state index in [1.54, 1.807) is 18.3 Å². The average molecular weight is 497 g/mol. The molecule has 36 heavy (non-hydrogen) atoms. The molecule has 8 heteroatoms. The lowest BCUT2D eigenvalue weighted by Crippen LogP contribution is -3.00. The third kappa shape index (κ3) is 5.71. The Morgan fingerprint density at radius 1 is 0.806 bits per heavy atom. The fourth-order valence-electron chi connectivity index (χ4n) is 3.76. The molecule has 3 aromatic carbocycles.